The van der Waals surface area contributed by atoms with Gasteiger partial charge < -0.3 is 14.4 Å². The van der Waals surface area contributed by atoms with Crippen LogP contribution in [-0.2, 0) is 23.0 Å². The van der Waals surface area contributed by atoms with Gasteiger partial charge in [-0.1, -0.05) is 0 Å². The maximum atomic E-state index is 12.8. The molecule has 1 saturated carbocycles. The fourth-order valence-corrected chi connectivity index (χ4v) is 3.76. The fraction of sp³-hybridized carbons (Fsp3) is 0.500. The second-order valence-electron chi connectivity index (χ2n) is 6.57. The van der Waals surface area contributed by atoms with E-state index in [-0.39, 0.29) is 24.2 Å². The number of carbonyl (C=O) groups is 1. The number of rotatable bonds is 4. The predicted molar refractivity (Wildman–Crippen MR) is 90.0 cm³/mol. The lowest BCUT2D eigenvalue weighted by Gasteiger charge is -2.39. The number of carbonyl (C=O) groups excluding carboxylic acids is 1. The molecule has 1 amide bonds. The molecule has 2 aromatic heterocycles. The summed E-state index contributed by atoms with van der Waals surface area (Å²) < 4.78 is 13.7. The Kier molecular flexibility index (Phi) is 4.40. The first-order valence-electron chi connectivity index (χ1n) is 8.67. The van der Waals surface area contributed by atoms with E-state index in [0.717, 1.165) is 24.3 Å². The molecule has 25 heavy (non-hydrogen) atoms. The van der Waals surface area contributed by atoms with Gasteiger partial charge in [-0.15, -0.1) is 0 Å². The van der Waals surface area contributed by atoms with Gasteiger partial charge in [-0.3, -0.25) is 14.5 Å². The molecule has 4 rings (SSSR count). The minimum atomic E-state index is -0.0818. The summed E-state index contributed by atoms with van der Waals surface area (Å²) in [5.74, 6) is 0.854. The highest BCUT2D eigenvalue weighted by Gasteiger charge is 2.45. The molecule has 2 aromatic rings. The maximum Gasteiger partial charge on any atom is 0.229 e. The van der Waals surface area contributed by atoms with Crippen molar-refractivity contribution in [3.8, 4) is 5.75 Å². The molecule has 0 spiro atoms. The lowest BCUT2D eigenvalue weighted by Crippen LogP contribution is -2.54. The van der Waals surface area contributed by atoms with Crippen LogP contribution in [0.4, 0.5) is 0 Å². The summed E-state index contributed by atoms with van der Waals surface area (Å²) in [6.07, 6.45) is 7.26. The van der Waals surface area contributed by atoms with E-state index in [1.165, 1.54) is 0 Å². The van der Waals surface area contributed by atoms with Crippen LogP contribution in [0.5, 0.6) is 5.75 Å². The Bertz CT molecular complexity index is 733. The molecule has 3 heterocycles. The number of fused-ring (bicyclic) bond motifs is 1. The smallest absolute Gasteiger partial charge is 0.229 e. The third kappa shape index (κ3) is 3.37. The van der Waals surface area contributed by atoms with Crippen LogP contribution in [0.3, 0.4) is 0 Å². The van der Waals surface area contributed by atoms with Gasteiger partial charge in [0.25, 0.3) is 0 Å². The zero-order valence-corrected chi connectivity index (χ0v) is 14.2. The van der Waals surface area contributed by atoms with E-state index in [4.69, 9.17) is 9.47 Å². The first-order chi connectivity index (χ1) is 12.2. The van der Waals surface area contributed by atoms with Gasteiger partial charge in [0.2, 0.25) is 5.91 Å². The summed E-state index contributed by atoms with van der Waals surface area (Å²) in [4.78, 5) is 18.8. The van der Waals surface area contributed by atoms with Gasteiger partial charge in [0.1, 0.15) is 18.0 Å². The summed E-state index contributed by atoms with van der Waals surface area (Å²) in [7, 11) is 1.86. The zero-order chi connectivity index (χ0) is 17.2. The van der Waals surface area contributed by atoms with Crippen LogP contribution in [-0.4, -0.2) is 57.0 Å². The highest BCUT2D eigenvalue weighted by Crippen LogP contribution is 2.33. The number of aryl methyl sites for hydroxylation is 1. The third-order valence-electron chi connectivity index (χ3n) is 4.88. The van der Waals surface area contributed by atoms with E-state index in [2.05, 4.69) is 10.1 Å². The van der Waals surface area contributed by atoms with Gasteiger partial charge >= 0.3 is 0 Å². The topological polar surface area (TPSA) is 69.5 Å². The van der Waals surface area contributed by atoms with Crippen LogP contribution in [0, 0.1) is 0 Å². The molecule has 132 valence electrons. The molecule has 3 atom stereocenters. The van der Waals surface area contributed by atoms with Crippen molar-refractivity contribution in [3.63, 3.8) is 0 Å². The number of hydrogen-bond acceptors (Lipinski definition) is 5. The number of hydrogen-bond donors (Lipinski definition) is 0. The molecule has 7 nitrogen and oxygen atoms in total. The highest BCUT2D eigenvalue weighted by molar-refractivity contribution is 5.79. The van der Waals surface area contributed by atoms with Gasteiger partial charge in [0.05, 0.1) is 31.0 Å². The predicted octanol–water partition coefficient (Wildman–Crippen LogP) is 1.19. The van der Waals surface area contributed by atoms with Crippen molar-refractivity contribution < 1.29 is 14.3 Å². The number of ether oxygens (including phenoxy) is 2. The van der Waals surface area contributed by atoms with E-state index >= 15 is 0 Å². The van der Waals surface area contributed by atoms with Gasteiger partial charge in [-0.05, 0) is 31.0 Å². The van der Waals surface area contributed by atoms with Crippen LogP contribution in [0.15, 0.2) is 36.8 Å². The second kappa shape index (κ2) is 6.84. The van der Waals surface area contributed by atoms with Crippen molar-refractivity contribution in [1.82, 2.24) is 19.7 Å². The SMILES string of the molecule is Cn1ccc(CC(=O)N2CCO[C@H]3[C@H](Oc4cccnc4)CC[C@@H]32)n1. The molecule has 0 unspecified atom stereocenters. The quantitative estimate of drug-likeness (QED) is 0.835. The van der Waals surface area contributed by atoms with E-state index < -0.39 is 0 Å². The van der Waals surface area contributed by atoms with Crippen LogP contribution in [0.1, 0.15) is 18.5 Å². The van der Waals surface area contributed by atoms with Crippen molar-refractivity contribution in [2.45, 2.75) is 37.5 Å². The molecule has 1 saturated heterocycles. The van der Waals surface area contributed by atoms with E-state index in [0.29, 0.717) is 19.6 Å². The monoisotopic (exact) mass is 342 g/mol. The Morgan fingerprint density at radius 3 is 3.08 bits per heavy atom. The normalized spacial score (nSPS) is 25.6. The molecule has 0 bridgehead atoms. The number of pyridine rings is 1. The van der Waals surface area contributed by atoms with Crippen LogP contribution in [0.2, 0.25) is 0 Å². The molecule has 1 aliphatic heterocycles. The summed E-state index contributed by atoms with van der Waals surface area (Å²) >= 11 is 0. The number of nitrogens with zero attached hydrogens (tertiary/aromatic N) is 4. The first kappa shape index (κ1) is 16.1. The Labute approximate surface area is 146 Å². The minimum Gasteiger partial charge on any atom is -0.486 e. The maximum absolute atomic E-state index is 12.8. The minimum absolute atomic E-state index is 0.0420. The standard InChI is InChI=1S/C18H22N4O3/c1-21-8-6-13(20-21)11-17(23)22-9-10-24-18-15(22)4-5-16(18)25-14-3-2-7-19-12-14/h2-3,6-8,12,15-16,18H,4-5,9-11H2,1H3/t15-,16+,18+/m0/s1. The van der Waals surface area contributed by atoms with Gasteiger partial charge in [0.15, 0.2) is 0 Å². The molecule has 2 fully saturated rings. The Morgan fingerprint density at radius 2 is 2.32 bits per heavy atom. The van der Waals surface area contributed by atoms with Crippen molar-refractivity contribution in [2.75, 3.05) is 13.2 Å². The van der Waals surface area contributed by atoms with Gasteiger partial charge in [-0.2, -0.15) is 5.10 Å². The van der Waals surface area contributed by atoms with Crippen LogP contribution >= 0.6 is 0 Å². The molecule has 2 aliphatic rings. The first-order valence-corrected chi connectivity index (χ1v) is 8.67. The van der Waals surface area contributed by atoms with E-state index in [1.54, 1.807) is 17.1 Å². The molecular weight excluding hydrogens is 320 g/mol. The largest absolute Gasteiger partial charge is 0.486 e. The lowest BCUT2D eigenvalue weighted by molar-refractivity contribution is -0.147. The lowest BCUT2D eigenvalue weighted by atomic mass is 10.1. The van der Waals surface area contributed by atoms with Crippen LogP contribution in [0.25, 0.3) is 0 Å². The summed E-state index contributed by atoms with van der Waals surface area (Å²) in [5.41, 5.74) is 0.802. The summed E-state index contributed by atoms with van der Waals surface area (Å²) in [6.45, 7) is 1.18. The molecule has 0 aromatic carbocycles. The summed E-state index contributed by atoms with van der Waals surface area (Å²) in [6, 6.07) is 5.71. The number of amides is 1. The fourth-order valence-electron chi connectivity index (χ4n) is 3.76. The van der Waals surface area contributed by atoms with Crippen molar-refractivity contribution in [1.29, 1.82) is 0 Å². The average Bonchev–Trinajstić information content (AvgIpc) is 3.22. The molecule has 0 radical (unpaired) electrons. The number of aromatic nitrogens is 3. The third-order valence-corrected chi connectivity index (χ3v) is 4.88. The highest BCUT2D eigenvalue weighted by atomic mass is 16.5. The second-order valence-corrected chi connectivity index (χ2v) is 6.57. The Morgan fingerprint density at radius 1 is 1.40 bits per heavy atom. The van der Waals surface area contributed by atoms with Crippen molar-refractivity contribution >= 4 is 5.91 Å². The van der Waals surface area contributed by atoms with E-state index in [1.807, 2.05) is 36.3 Å². The average molecular weight is 342 g/mol. The summed E-state index contributed by atoms with van der Waals surface area (Å²) in [5, 5.41) is 4.31. The molecule has 7 heteroatoms. The molecule has 1 aliphatic carbocycles. The van der Waals surface area contributed by atoms with Gasteiger partial charge in [-0.25, -0.2) is 0 Å². The molecule has 0 N–H and O–H groups in total. The zero-order valence-electron chi connectivity index (χ0n) is 14.2. The van der Waals surface area contributed by atoms with Crippen molar-refractivity contribution in [3.05, 3.63) is 42.5 Å². The number of morpholine rings is 1. The van der Waals surface area contributed by atoms with Gasteiger partial charge in [0, 0.05) is 26.0 Å². The Balaban J connectivity index is 1.43. The van der Waals surface area contributed by atoms with Crippen LogP contribution < -0.4 is 4.74 Å². The van der Waals surface area contributed by atoms with E-state index in [9.17, 15) is 4.79 Å². The van der Waals surface area contributed by atoms with Crippen molar-refractivity contribution in [2.24, 2.45) is 7.05 Å². The Hall–Kier alpha value is -2.41. The molecular formula is C18H22N4O3.